The molecule has 3 aliphatic rings. The van der Waals surface area contributed by atoms with Crippen molar-refractivity contribution in [2.24, 2.45) is 28.9 Å². The minimum absolute atomic E-state index is 0.121. The van der Waals surface area contributed by atoms with Crippen LogP contribution in [0.5, 0.6) is 0 Å². The first-order chi connectivity index (χ1) is 7.96. The second-order valence-corrected chi connectivity index (χ2v) is 5.92. The zero-order chi connectivity index (χ0) is 12.4. The molecule has 2 bridgehead atoms. The number of carboxylic acid groups (broad SMARTS) is 1. The average molecular weight is 245 g/mol. The van der Waals surface area contributed by atoms with Crippen LogP contribution in [0.2, 0.25) is 0 Å². The Kier molecular flexibility index (Phi) is 2.14. The lowest BCUT2D eigenvalue weighted by molar-refractivity contribution is -0.227. The fourth-order valence-electron chi connectivity index (χ4n) is 4.89. The van der Waals surface area contributed by atoms with Crippen LogP contribution in [-0.2, 0) is 4.79 Å². The van der Waals surface area contributed by atoms with Crippen LogP contribution in [0, 0.1) is 23.2 Å². The van der Waals surface area contributed by atoms with Crippen molar-refractivity contribution in [3.8, 4) is 0 Å². The molecule has 0 amide bonds. The molecule has 6 unspecified atom stereocenters. The molecule has 96 valence electrons. The number of aliphatic carboxylic acids is 1. The third kappa shape index (κ3) is 1.07. The standard InChI is InChI=1S/C12H17F2NO2/c13-10-6-1-2-7-11(5-15,4-9(16)17)8(3-6)12(7,10)14/h6-8,10H,1-5,15H2,(H,16,17). The van der Waals surface area contributed by atoms with Crippen molar-refractivity contribution in [1.29, 1.82) is 0 Å². The molecular formula is C12H17F2NO2. The molecule has 0 radical (unpaired) electrons. The molecule has 17 heavy (non-hydrogen) atoms. The molecule has 3 nitrogen and oxygen atoms in total. The zero-order valence-corrected chi connectivity index (χ0v) is 9.53. The summed E-state index contributed by atoms with van der Waals surface area (Å²) in [4.78, 5) is 10.9. The summed E-state index contributed by atoms with van der Waals surface area (Å²) in [5.41, 5.74) is 3.23. The number of halogens is 2. The highest BCUT2D eigenvalue weighted by molar-refractivity contribution is 5.68. The lowest BCUT2D eigenvalue weighted by Gasteiger charge is -2.63. The van der Waals surface area contributed by atoms with Gasteiger partial charge in [0.1, 0.15) is 11.8 Å². The number of rotatable bonds is 3. The molecule has 0 aromatic rings. The van der Waals surface area contributed by atoms with Gasteiger partial charge in [-0.1, -0.05) is 0 Å². The lowest BCUT2D eigenvalue weighted by Crippen LogP contribution is -2.71. The Hall–Kier alpha value is -0.710. The summed E-state index contributed by atoms with van der Waals surface area (Å²) in [7, 11) is 0. The SMILES string of the molecule is NCC1(CC(=O)O)C2CCC3CC1C2(F)C3F. The molecule has 6 atom stereocenters. The van der Waals surface area contributed by atoms with Crippen LogP contribution in [0.25, 0.3) is 0 Å². The number of alkyl halides is 2. The quantitative estimate of drug-likeness (QED) is 0.792. The molecule has 3 aliphatic carbocycles. The molecular weight excluding hydrogens is 228 g/mol. The molecule has 0 aromatic carbocycles. The maximum Gasteiger partial charge on any atom is 0.303 e. The summed E-state index contributed by atoms with van der Waals surface area (Å²) in [5, 5.41) is 8.97. The van der Waals surface area contributed by atoms with Gasteiger partial charge >= 0.3 is 5.97 Å². The molecule has 0 heterocycles. The van der Waals surface area contributed by atoms with Gasteiger partial charge in [0, 0.05) is 17.3 Å². The van der Waals surface area contributed by atoms with E-state index in [1.807, 2.05) is 0 Å². The first-order valence-corrected chi connectivity index (χ1v) is 6.21. The van der Waals surface area contributed by atoms with Crippen molar-refractivity contribution in [2.45, 2.75) is 37.5 Å². The summed E-state index contributed by atoms with van der Waals surface area (Å²) < 4.78 is 28.6. The topological polar surface area (TPSA) is 63.3 Å². The van der Waals surface area contributed by atoms with E-state index in [1.54, 1.807) is 0 Å². The van der Waals surface area contributed by atoms with E-state index in [4.69, 9.17) is 10.8 Å². The van der Waals surface area contributed by atoms with E-state index in [1.165, 1.54) is 0 Å². The summed E-state index contributed by atoms with van der Waals surface area (Å²) in [6, 6.07) is 0. The van der Waals surface area contributed by atoms with E-state index in [-0.39, 0.29) is 18.9 Å². The molecule has 0 aliphatic heterocycles. The molecule has 3 rings (SSSR count). The number of nitrogens with two attached hydrogens (primary N) is 1. The smallest absolute Gasteiger partial charge is 0.303 e. The number of fused-ring (bicyclic) bond motifs is 1. The van der Waals surface area contributed by atoms with E-state index < -0.39 is 35.1 Å². The van der Waals surface area contributed by atoms with Gasteiger partial charge in [-0.15, -0.1) is 0 Å². The number of hydrogen-bond donors (Lipinski definition) is 2. The molecule has 0 spiro atoms. The van der Waals surface area contributed by atoms with Crippen LogP contribution in [0.4, 0.5) is 8.78 Å². The maximum atomic E-state index is 14.7. The van der Waals surface area contributed by atoms with Crippen LogP contribution in [0.3, 0.4) is 0 Å². The van der Waals surface area contributed by atoms with Gasteiger partial charge < -0.3 is 10.8 Å². The van der Waals surface area contributed by atoms with Crippen LogP contribution in [-0.4, -0.2) is 29.5 Å². The highest BCUT2D eigenvalue weighted by Crippen LogP contribution is 2.74. The minimum Gasteiger partial charge on any atom is -0.481 e. The van der Waals surface area contributed by atoms with Crippen molar-refractivity contribution in [2.75, 3.05) is 6.54 Å². The summed E-state index contributed by atoms with van der Waals surface area (Å²) >= 11 is 0. The Morgan fingerprint density at radius 1 is 1.41 bits per heavy atom. The second kappa shape index (κ2) is 3.19. The van der Waals surface area contributed by atoms with E-state index in [9.17, 15) is 13.6 Å². The van der Waals surface area contributed by atoms with Crippen molar-refractivity contribution >= 4 is 5.97 Å². The Morgan fingerprint density at radius 2 is 2.12 bits per heavy atom. The molecule has 3 saturated carbocycles. The first kappa shape index (κ1) is 11.4. The largest absolute Gasteiger partial charge is 0.481 e. The highest BCUT2D eigenvalue weighted by Gasteiger charge is 2.80. The van der Waals surface area contributed by atoms with Crippen LogP contribution >= 0.6 is 0 Å². The van der Waals surface area contributed by atoms with Crippen molar-refractivity contribution in [3.63, 3.8) is 0 Å². The predicted octanol–water partition coefficient (Wildman–Crippen LogP) is 1.51. The third-order valence-corrected chi connectivity index (χ3v) is 5.52. The Labute approximate surface area is 98.4 Å². The van der Waals surface area contributed by atoms with Crippen LogP contribution in [0.1, 0.15) is 25.7 Å². The van der Waals surface area contributed by atoms with E-state index >= 15 is 0 Å². The van der Waals surface area contributed by atoms with Gasteiger partial charge in [0.15, 0.2) is 0 Å². The molecule has 3 N–H and O–H groups in total. The number of hydrogen-bond acceptors (Lipinski definition) is 2. The van der Waals surface area contributed by atoms with Gasteiger partial charge in [-0.2, -0.15) is 0 Å². The van der Waals surface area contributed by atoms with Gasteiger partial charge in [0.2, 0.25) is 0 Å². The van der Waals surface area contributed by atoms with E-state index in [2.05, 4.69) is 0 Å². The zero-order valence-electron chi connectivity index (χ0n) is 9.53. The predicted molar refractivity (Wildman–Crippen MR) is 56.8 cm³/mol. The highest BCUT2D eigenvalue weighted by atomic mass is 19.2. The summed E-state index contributed by atoms with van der Waals surface area (Å²) in [6.45, 7) is 0.153. The van der Waals surface area contributed by atoms with Gasteiger partial charge in [0.05, 0.1) is 6.42 Å². The molecule has 0 aromatic heterocycles. The first-order valence-electron chi connectivity index (χ1n) is 6.21. The summed E-state index contributed by atoms with van der Waals surface area (Å²) in [6.07, 6.45) is 0.209. The minimum atomic E-state index is -1.78. The van der Waals surface area contributed by atoms with Gasteiger partial charge in [0.25, 0.3) is 0 Å². The molecule has 5 heteroatoms. The van der Waals surface area contributed by atoms with Gasteiger partial charge in [-0.25, -0.2) is 8.78 Å². The normalized spacial score (nSPS) is 55.5. The van der Waals surface area contributed by atoms with Crippen molar-refractivity contribution in [1.82, 2.24) is 0 Å². The fraction of sp³-hybridized carbons (Fsp3) is 0.917. The average Bonchev–Trinajstić information content (AvgIpc) is 2.48. The number of carboxylic acids is 1. The van der Waals surface area contributed by atoms with Gasteiger partial charge in [-0.05, 0) is 31.7 Å². The van der Waals surface area contributed by atoms with Crippen LogP contribution < -0.4 is 5.73 Å². The maximum absolute atomic E-state index is 14.7. The number of carbonyl (C=O) groups is 1. The third-order valence-electron chi connectivity index (χ3n) is 5.52. The second-order valence-electron chi connectivity index (χ2n) is 5.92. The van der Waals surface area contributed by atoms with Crippen molar-refractivity contribution < 1.29 is 18.7 Å². The Balaban J connectivity index is 1.98. The van der Waals surface area contributed by atoms with Gasteiger partial charge in [-0.3, -0.25) is 4.79 Å². The molecule has 3 fully saturated rings. The Bertz CT molecular complexity index is 368. The summed E-state index contributed by atoms with van der Waals surface area (Å²) in [5.74, 6) is -2.15. The fourth-order valence-corrected chi connectivity index (χ4v) is 4.89. The molecule has 0 saturated heterocycles. The van der Waals surface area contributed by atoms with Crippen molar-refractivity contribution in [3.05, 3.63) is 0 Å². The van der Waals surface area contributed by atoms with E-state index in [0.717, 1.165) is 0 Å². The monoisotopic (exact) mass is 245 g/mol. The van der Waals surface area contributed by atoms with E-state index in [0.29, 0.717) is 19.3 Å². The van der Waals surface area contributed by atoms with Crippen LogP contribution in [0.15, 0.2) is 0 Å². The Morgan fingerprint density at radius 3 is 2.71 bits per heavy atom. The lowest BCUT2D eigenvalue weighted by atomic mass is 9.43.